The third-order valence-corrected chi connectivity index (χ3v) is 5.33. The van der Waals surface area contributed by atoms with Gasteiger partial charge < -0.3 is 19.6 Å². The molecule has 30 heavy (non-hydrogen) atoms. The lowest BCUT2D eigenvalue weighted by atomic mass is 9.84. The predicted molar refractivity (Wildman–Crippen MR) is 98.1 cm³/mol. The van der Waals surface area contributed by atoms with Crippen molar-refractivity contribution in [3.63, 3.8) is 0 Å². The van der Waals surface area contributed by atoms with Crippen LogP contribution < -0.4 is 0 Å². The molecule has 8 nitrogen and oxygen atoms in total. The van der Waals surface area contributed by atoms with E-state index in [1.807, 2.05) is 21.9 Å². The molecule has 0 radical (unpaired) electrons. The van der Waals surface area contributed by atoms with Crippen molar-refractivity contribution in [3.05, 3.63) is 30.1 Å². The first-order valence-electron chi connectivity index (χ1n) is 9.35. The first-order valence-corrected chi connectivity index (χ1v) is 9.35. The molecular formula is C19H24F3N3O5. The van der Waals surface area contributed by atoms with Gasteiger partial charge in [-0.1, -0.05) is 0 Å². The number of aromatic nitrogens is 1. The standard InChI is InChI=1S/C17H23N3O3.C2HF3O2/c1-23-13-16(22)19-10-6-17(7-11-19)5-2-15(21)20(17)12-14-3-8-18-9-4-14;3-2(4,5)1(6)7/h3-4,8-9H,2,5-7,10-13H2,1H3;(H,6,7). The van der Waals surface area contributed by atoms with Crippen molar-refractivity contribution in [1.29, 1.82) is 0 Å². The van der Waals surface area contributed by atoms with Gasteiger partial charge in [0.05, 0.1) is 0 Å². The summed E-state index contributed by atoms with van der Waals surface area (Å²) >= 11 is 0. The molecule has 3 heterocycles. The van der Waals surface area contributed by atoms with Crippen molar-refractivity contribution in [3.8, 4) is 0 Å². The summed E-state index contributed by atoms with van der Waals surface area (Å²) in [4.78, 5) is 41.1. The fourth-order valence-corrected chi connectivity index (χ4v) is 3.71. The SMILES string of the molecule is COCC(=O)N1CCC2(CCC(=O)N2Cc2ccncc2)CC1.O=C(O)C(F)(F)F. The van der Waals surface area contributed by atoms with E-state index in [0.717, 1.165) is 24.8 Å². The maximum atomic E-state index is 12.4. The highest BCUT2D eigenvalue weighted by Crippen LogP contribution is 2.40. The lowest BCUT2D eigenvalue weighted by Gasteiger charge is -2.45. The lowest BCUT2D eigenvalue weighted by Crippen LogP contribution is -2.54. The molecule has 2 amide bonds. The zero-order valence-electron chi connectivity index (χ0n) is 16.5. The normalized spacial score (nSPS) is 18.2. The molecule has 1 N–H and O–H groups in total. The van der Waals surface area contributed by atoms with Crippen LogP contribution in [-0.2, 0) is 25.7 Å². The van der Waals surface area contributed by atoms with Gasteiger partial charge in [0.25, 0.3) is 0 Å². The van der Waals surface area contributed by atoms with Crippen molar-refractivity contribution >= 4 is 17.8 Å². The third kappa shape index (κ3) is 5.91. The molecule has 0 saturated carbocycles. The average molecular weight is 431 g/mol. The van der Waals surface area contributed by atoms with Crippen molar-refractivity contribution in [2.24, 2.45) is 0 Å². The Labute approximate surface area is 171 Å². The van der Waals surface area contributed by atoms with E-state index < -0.39 is 12.1 Å². The van der Waals surface area contributed by atoms with E-state index >= 15 is 0 Å². The monoisotopic (exact) mass is 431 g/mol. The minimum atomic E-state index is -5.08. The van der Waals surface area contributed by atoms with Crippen LogP contribution in [0.3, 0.4) is 0 Å². The number of aliphatic carboxylic acids is 1. The first kappa shape index (κ1) is 23.6. The summed E-state index contributed by atoms with van der Waals surface area (Å²) < 4.78 is 36.7. The van der Waals surface area contributed by atoms with E-state index in [-0.39, 0.29) is 24.0 Å². The molecule has 2 aliphatic heterocycles. The summed E-state index contributed by atoms with van der Waals surface area (Å²) in [6.45, 7) is 2.16. The number of hydrogen-bond donors (Lipinski definition) is 1. The van der Waals surface area contributed by atoms with Crippen LogP contribution in [0.5, 0.6) is 0 Å². The van der Waals surface area contributed by atoms with Crippen LogP contribution >= 0.6 is 0 Å². The highest BCUT2D eigenvalue weighted by Gasteiger charge is 2.47. The quantitative estimate of drug-likeness (QED) is 0.781. The minimum Gasteiger partial charge on any atom is -0.475 e. The van der Waals surface area contributed by atoms with E-state index in [4.69, 9.17) is 14.6 Å². The number of nitrogens with zero attached hydrogens (tertiary/aromatic N) is 3. The number of alkyl halides is 3. The molecule has 2 fully saturated rings. The molecule has 166 valence electrons. The Balaban J connectivity index is 0.000000396. The number of carboxylic acid groups (broad SMARTS) is 1. The maximum absolute atomic E-state index is 12.4. The molecule has 0 bridgehead atoms. The molecule has 2 saturated heterocycles. The zero-order valence-corrected chi connectivity index (χ0v) is 16.5. The van der Waals surface area contributed by atoms with Crippen molar-refractivity contribution in [2.45, 2.75) is 43.9 Å². The van der Waals surface area contributed by atoms with E-state index in [1.165, 1.54) is 7.11 Å². The Bertz CT molecular complexity index is 750. The smallest absolute Gasteiger partial charge is 0.475 e. The number of hydrogen-bond acceptors (Lipinski definition) is 5. The minimum absolute atomic E-state index is 0.0346. The van der Waals surface area contributed by atoms with Gasteiger partial charge in [-0.25, -0.2) is 4.79 Å². The number of amides is 2. The van der Waals surface area contributed by atoms with E-state index in [0.29, 0.717) is 26.1 Å². The summed E-state index contributed by atoms with van der Waals surface area (Å²) in [5, 5.41) is 7.12. The van der Waals surface area contributed by atoms with Gasteiger partial charge in [-0.3, -0.25) is 14.6 Å². The Hall–Kier alpha value is -2.69. The van der Waals surface area contributed by atoms with Crippen LogP contribution in [0.25, 0.3) is 0 Å². The van der Waals surface area contributed by atoms with Crippen LogP contribution in [0.1, 0.15) is 31.2 Å². The number of carbonyl (C=O) groups excluding carboxylic acids is 2. The molecular weight excluding hydrogens is 407 g/mol. The third-order valence-electron chi connectivity index (χ3n) is 5.33. The topological polar surface area (TPSA) is 100 Å². The Kier molecular flexibility index (Phi) is 7.77. The van der Waals surface area contributed by atoms with Gasteiger partial charge in [-0.2, -0.15) is 13.2 Å². The molecule has 1 aromatic rings. The van der Waals surface area contributed by atoms with Crippen LogP contribution in [-0.4, -0.2) is 76.2 Å². The number of halogens is 3. The lowest BCUT2D eigenvalue weighted by molar-refractivity contribution is -0.192. The highest BCUT2D eigenvalue weighted by atomic mass is 19.4. The number of rotatable bonds is 4. The molecule has 3 rings (SSSR count). The number of carbonyl (C=O) groups is 3. The molecule has 11 heteroatoms. The van der Waals surface area contributed by atoms with Gasteiger partial charge in [0, 0.05) is 51.1 Å². The van der Waals surface area contributed by atoms with Crippen molar-refractivity contribution < 1.29 is 37.4 Å². The Morgan fingerprint density at radius 2 is 1.77 bits per heavy atom. The largest absolute Gasteiger partial charge is 0.490 e. The fraction of sp³-hybridized carbons (Fsp3) is 0.579. The fourth-order valence-electron chi connectivity index (χ4n) is 3.71. The maximum Gasteiger partial charge on any atom is 0.490 e. The molecule has 0 atom stereocenters. The highest BCUT2D eigenvalue weighted by molar-refractivity contribution is 5.80. The second-order valence-electron chi connectivity index (χ2n) is 7.18. The van der Waals surface area contributed by atoms with Gasteiger partial charge in [0.2, 0.25) is 11.8 Å². The summed E-state index contributed by atoms with van der Waals surface area (Å²) in [6, 6.07) is 3.91. The molecule has 1 spiro atoms. The number of methoxy groups -OCH3 is 1. The zero-order chi connectivity index (χ0) is 22.4. The van der Waals surface area contributed by atoms with Crippen LogP contribution in [0.2, 0.25) is 0 Å². The molecule has 2 aliphatic rings. The number of pyridine rings is 1. The van der Waals surface area contributed by atoms with E-state index in [1.54, 1.807) is 12.4 Å². The summed E-state index contributed by atoms with van der Waals surface area (Å²) in [5.74, 6) is -2.50. The van der Waals surface area contributed by atoms with E-state index in [2.05, 4.69) is 4.98 Å². The average Bonchev–Trinajstić information content (AvgIpc) is 2.99. The number of piperidine rings is 1. The van der Waals surface area contributed by atoms with Crippen LogP contribution in [0.4, 0.5) is 13.2 Å². The Morgan fingerprint density at radius 3 is 2.27 bits per heavy atom. The predicted octanol–water partition coefficient (Wildman–Crippen LogP) is 1.84. The number of carboxylic acids is 1. The van der Waals surface area contributed by atoms with Crippen LogP contribution in [0.15, 0.2) is 24.5 Å². The Morgan fingerprint density at radius 1 is 1.20 bits per heavy atom. The summed E-state index contributed by atoms with van der Waals surface area (Å²) in [5.41, 5.74) is 1.01. The van der Waals surface area contributed by atoms with Gasteiger partial charge in [0.1, 0.15) is 6.61 Å². The van der Waals surface area contributed by atoms with E-state index in [9.17, 15) is 22.8 Å². The van der Waals surface area contributed by atoms with Gasteiger partial charge in [0.15, 0.2) is 0 Å². The van der Waals surface area contributed by atoms with Gasteiger partial charge >= 0.3 is 12.1 Å². The van der Waals surface area contributed by atoms with Gasteiger partial charge in [-0.15, -0.1) is 0 Å². The molecule has 1 aromatic heterocycles. The summed E-state index contributed by atoms with van der Waals surface area (Å²) in [6.07, 6.45) is 1.63. The van der Waals surface area contributed by atoms with Gasteiger partial charge in [-0.05, 0) is 37.0 Å². The van der Waals surface area contributed by atoms with Crippen molar-refractivity contribution in [2.75, 3.05) is 26.8 Å². The molecule has 0 unspecified atom stereocenters. The first-order chi connectivity index (χ1) is 14.1. The molecule has 0 aliphatic carbocycles. The van der Waals surface area contributed by atoms with Crippen LogP contribution in [0, 0.1) is 0 Å². The number of likely N-dealkylation sites (tertiary alicyclic amines) is 2. The molecule has 0 aromatic carbocycles. The number of ether oxygens (including phenoxy) is 1. The second-order valence-corrected chi connectivity index (χ2v) is 7.18. The second kappa shape index (κ2) is 9.88. The summed E-state index contributed by atoms with van der Waals surface area (Å²) in [7, 11) is 1.54. The van der Waals surface area contributed by atoms with Crippen molar-refractivity contribution in [1.82, 2.24) is 14.8 Å².